The van der Waals surface area contributed by atoms with Gasteiger partial charge in [0, 0.05) is 35.8 Å². The summed E-state index contributed by atoms with van der Waals surface area (Å²) in [5.74, 6) is 2.12. The van der Waals surface area contributed by atoms with E-state index in [1.807, 2.05) is 44.2 Å². The molecule has 35 heavy (non-hydrogen) atoms. The van der Waals surface area contributed by atoms with Crippen LogP contribution in [0.15, 0.2) is 42.0 Å². The number of nitrogens with zero attached hydrogens (tertiary/aromatic N) is 8. The number of thiazole rings is 1. The molecule has 11 nitrogen and oxygen atoms in total. The van der Waals surface area contributed by atoms with Crippen LogP contribution in [-0.4, -0.2) is 54.4 Å². The van der Waals surface area contributed by atoms with Gasteiger partial charge < -0.3 is 9.64 Å². The largest absolute Gasteiger partial charge is 0.487 e. The highest BCUT2D eigenvalue weighted by atomic mass is 32.1. The van der Waals surface area contributed by atoms with Crippen LogP contribution < -0.4 is 9.64 Å². The zero-order valence-electron chi connectivity index (χ0n) is 19.4. The number of anilines is 1. The molecule has 12 heteroatoms. The van der Waals surface area contributed by atoms with Crippen molar-refractivity contribution in [2.75, 3.05) is 18.0 Å². The van der Waals surface area contributed by atoms with Crippen molar-refractivity contribution in [1.29, 1.82) is 0 Å². The van der Waals surface area contributed by atoms with E-state index in [1.165, 1.54) is 5.01 Å². The number of aryl methyl sites for hydroxylation is 2. The van der Waals surface area contributed by atoms with Gasteiger partial charge in [-0.3, -0.25) is 0 Å². The van der Waals surface area contributed by atoms with E-state index < -0.39 is 0 Å². The molecule has 0 N–H and O–H groups in total. The summed E-state index contributed by atoms with van der Waals surface area (Å²) in [5.41, 5.74) is 3.89. The number of ether oxygens (including phenoxy) is 1. The fourth-order valence-electron chi connectivity index (χ4n) is 3.88. The maximum atomic E-state index is 8.12. The Kier molecular flexibility index (Phi) is 7.86. The molecule has 1 aliphatic heterocycles. The highest BCUT2D eigenvalue weighted by molar-refractivity contribution is 7.09. The first-order valence-electron chi connectivity index (χ1n) is 11.0. The van der Waals surface area contributed by atoms with Crippen molar-refractivity contribution in [3.05, 3.63) is 64.1 Å². The number of benzene rings is 1. The fraction of sp³-hybridized carbons (Fsp3) is 0.348. The molecule has 180 valence electrons. The van der Waals surface area contributed by atoms with Crippen LogP contribution >= 0.6 is 11.3 Å². The summed E-state index contributed by atoms with van der Waals surface area (Å²) in [5, 5.41) is 14.5. The number of rotatable bonds is 6. The Hall–Kier alpha value is -4.02. The van der Waals surface area contributed by atoms with E-state index in [0.29, 0.717) is 12.5 Å². The van der Waals surface area contributed by atoms with Crippen LogP contribution in [0.5, 0.6) is 5.75 Å². The Morgan fingerprint density at radius 1 is 1.06 bits per heavy atom. The average molecular weight is 493 g/mol. The Morgan fingerprint density at radius 2 is 1.74 bits per heavy atom. The van der Waals surface area contributed by atoms with Crippen LogP contribution in [0.25, 0.3) is 5.69 Å². The lowest BCUT2D eigenvalue weighted by atomic mass is 9.98. The zero-order chi connectivity index (χ0) is 24.6. The molecule has 5 rings (SSSR count). The summed E-state index contributed by atoms with van der Waals surface area (Å²) in [6, 6.07) is 9.68. The summed E-state index contributed by atoms with van der Waals surface area (Å²) in [6.45, 7) is 6.40. The van der Waals surface area contributed by atoms with Crippen molar-refractivity contribution in [2.24, 2.45) is 0 Å². The van der Waals surface area contributed by atoms with Gasteiger partial charge in [-0.2, -0.15) is 9.59 Å². The molecule has 0 amide bonds. The van der Waals surface area contributed by atoms with E-state index in [-0.39, 0.29) is 6.15 Å². The first-order chi connectivity index (χ1) is 17.1. The summed E-state index contributed by atoms with van der Waals surface area (Å²) in [6.07, 6.45) is 3.93. The predicted octanol–water partition coefficient (Wildman–Crippen LogP) is 2.91. The Labute approximate surface area is 205 Å². The highest BCUT2D eigenvalue weighted by Crippen LogP contribution is 2.31. The number of aromatic nitrogens is 7. The molecule has 0 unspecified atom stereocenters. The third kappa shape index (κ3) is 6.31. The first-order valence-corrected chi connectivity index (χ1v) is 11.9. The third-order valence-corrected chi connectivity index (χ3v) is 6.56. The quantitative estimate of drug-likeness (QED) is 0.396. The van der Waals surface area contributed by atoms with Crippen molar-refractivity contribution >= 4 is 23.4 Å². The first kappa shape index (κ1) is 24.1. The Bertz CT molecular complexity index is 1240. The molecule has 4 aromatic rings. The van der Waals surface area contributed by atoms with E-state index in [4.69, 9.17) is 19.3 Å². The van der Waals surface area contributed by atoms with Crippen molar-refractivity contribution in [3.63, 3.8) is 0 Å². The van der Waals surface area contributed by atoms with Gasteiger partial charge in [-0.1, -0.05) is 0 Å². The van der Waals surface area contributed by atoms with Gasteiger partial charge in [0.1, 0.15) is 18.7 Å². The van der Waals surface area contributed by atoms with E-state index in [1.54, 1.807) is 22.3 Å². The highest BCUT2D eigenvalue weighted by Gasteiger charge is 2.24. The van der Waals surface area contributed by atoms with Gasteiger partial charge in [-0.25, -0.2) is 19.6 Å². The normalized spacial score (nSPS) is 13.6. The molecule has 1 fully saturated rings. The van der Waals surface area contributed by atoms with Gasteiger partial charge in [-0.05, 0) is 67.4 Å². The predicted molar refractivity (Wildman–Crippen MR) is 126 cm³/mol. The van der Waals surface area contributed by atoms with Crippen LogP contribution in [0.1, 0.15) is 40.8 Å². The summed E-state index contributed by atoms with van der Waals surface area (Å²) < 4.78 is 7.53. The second-order valence-corrected chi connectivity index (χ2v) is 8.90. The molecule has 0 radical (unpaired) electrons. The number of hydrogen-bond donors (Lipinski definition) is 0. The van der Waals surface area contributed by atoms with Crippen molar-refractivity contribution < 1.29 is 14.3 Å². The molecule has 0 atom stereocenters. The minimum Gasteiger partial charge on any atom is -0.487 e. The molecule has 0 bridgehead atoms. The number of hydrogen-bond acceptors (Lipinski definition) is 11. The van der Waals surface area contributed by atoms with Gasteiger partial charge in [0.05, 0.1) is 16.4 Å². The van der Waals surface area contributed by atoms with Crippen molar-refractivity contribution in [2.45, 2.75) is 39.2 Å². The van der Waals surface area contributed by atoms with Crippen LogP contribution in [-0.2, 0) is 16.2 Å². The fourth-order valence-corrected chi connectivity index (χ4v) is 4.86. The lowest BCUT2D eigenvalue weighted by Crippen LogP contribution is -2.34. The summed E-state index contributed by atoms with van der Waals surface area (Å²) in [7, 11) is 0. The SMILES string of the molecule is Cc1cc(C)nc(N2CCC(c3nc(COc4ccc(-n5cnnn5)cc4)cs3)CC2)n1.O=C=O. The topological polar surface area (TPSA) is 129 Å². The minimum absolute atomic E-state index is 0.250. The molecular formula is C23H24N8O3S. The molecule has 4 heterocycles. The standard InChI is InChI=1S/C22H24N8OS.CO2/c1-15-11-16(2)25-22(24-15)29-9-7-17(8-10-29)21-26-18(13-32-21)12-31-20-5-3-19(4-6-20)30-14-23-27-28-30;2-1-3/h3-6,11,13-14,17H,7-10,12H2,1-2H3;. The molecule has 0 saturated carbocycles. The molecule has 3 aromatic heterocycles. The Balaban J connectivity index is 0.000000917. The minimum atomic E-state index is 0.250. The van der Waals surface area contributed by atoms with Crippen molar-refractivity contribution in [1.82, 2.24) is 35.2 Å². The van der Waals surface area contributed by atoms with Crippen molar-refractivity contribution in [3.8, 4) is 11.4 Å². The molecule has 0 spiro atoms. The van der Waals surface area contributed by atoms with Gasteiger partial charge >= 0.3 is 6.15 Å². The van der Waals surface area contributed by atoms with Crippen LogP contribution in [0.3, 0.4) is 0 Å². The van der Waals surface area contributed by atoms with E-state index in [2.05, 4.69) is 35.8 Å². The number of piperidine rings is 1. The van der Waals surface area contributed by atoms with Gasteiger partial charge in [0.15, 0.2) is 0 Å². The second-order valence-electron chi connectivity index (χ2n) is 8.01. The molecule has 1 aliphatic rings. The van der Waals surface area contributed by atoms with Gasteiger partial charge in [0.25, 0.3) is 0 Å². The van der Waals surface area contributed by atoms with Gasteiger partial charge in [-0.15, -0.1) is 16.4 Å². The van der Waals surface area contributed by atoms with E-state index in [0.717, 1.165) is 60.4 Å². The van der Waals surface area contributed by atoms with E-state index >= 15 is 0 Å². The maximum Gasteiger partial charge on any atom is 0.373 e. The second kappa shape index (κ2) is 11.4. The lowest BCUT2D eigenvalue weighted by molar-refractivity contribution is -0.191. The van der Waals surface area contributed by atoms with E-state index in [9.17, 15) is 0 Å². The van der Waals surface area contributed by atoms with Crippen LogP contribution in [0.4, 0.5) is 5.95 Å². The smallest absolute Gasteiger partial charge is 0.373 e. The lowest BCUT2D eigenvalue weighted by Gasteiger charge is -2.31. The molecule has 1 saturated heterocycles. The molecular weight excluding hydrogens is 468 g/mol. The van der Waals surface area contributed by atoms with Crippen LogP contribution in [0.2, 0.25) is 0 Å². The zero-order valence-corrected chi connectivity index (χ0v) is 20.2. The molecule has 0 aliphatic carbocycles. The number of tetrazole rings is 1. The summed E-state index contributed by atoms with van der Waals surface area (Å²) in [4.78, 5) is 32.6. The average Bonchev–Trinajstić information content (AvgIpc) is 3.56. The molecule has 1 aromatic carbocycles. The van der Waals surface area contributed by atoms with Gasteiger partial charge in [0.2, 0.25) is 5.95 Å². The summed E-state index contributed by atoms with van der Waals surface area (Å²) >= 11 is 1.73. The maximum absolute atomic E-state index is 8.12. The third-order valence-electron chi connectivity index (χ3n) is 5.50. The Morgan fingerprint density at radius 3 is 2.37 bits per heavy atom. The number of carbonyl (C=O) groups excluding carboxylic acids is 2. The monoisotopic (exact) mass is 492 g/mol. The van der Waals surface area contributed by atoms with Crippen LogP contribution in [0, 0.1) is 13.8 Å².